The molecule has 9 nitrogen and oxygen atoms in total. The van der Waals surface area contributed by atoms with Crippen molar-refractivity contribution in [1.29, 1.82) is 0 Å². The highest BCUT2D eigenvalue weighted by Crippen LogP contribution is 2.44. The Morgan fingerprint density at radius 3 is 2.94 bits per heavy atom. The first-order chi connectivity index (χ1) is 16.1. The van der Waals surface area contributed by atoms with Gasteiger partial charge in [-0.25, -0.2) is 4.98 Å². The minimum Gasteiger partial charge on any atom is -0.459 e. The van der Waals surface area contributed by atoms with Crippen LogP contribution in [-0.4, -0.2) is 37.1 Å². The predicted molar refractivity (Wildman–Crippen MR) is 124 cm³/mol. The molecule has 0 aromatic carbocycles. The summed E-state index contributed by atoms with van der Waals surface area (Å²) in [5.41, 5.74) is 6.98. The van der Waals surface area contributed by atoms with E-state index in [-0.39, 0.29) is 17.4 Å². The van der Waals surface area contributed by atoms with Crippen molar-refractivity contribution in [3.63, 3.8) is 0 Å². The van der Waals surface area contributed by atoms with E-state index in [1.54, 1.807) is 17.4 Å². The van der Waals surface area contributed by atoms with Crippen LogP contribution in [0.15, 0.2) is 28.0 Å². The van der Waals surface area contributed by atoms with Crippen LogP contribution in [0.25, 0.3) is 15.9 Å². The highest BCUT2D eigenvalue weighted by atomic mass is 32.2. The third-order valence-corrected chi connectivity index (χ3v) is 8.21. The minimum atomic E-state index is -0.509. The molecule has 2 N–H and O–H groups in total. The molecule has 2 aliphatic carbocycles. The van der Waals surface area contributed by atoms with Crippen molar-refractivity contribution in [3.8, 4) is 0 Å². The molecule has 1 fully saturated rings. The van der Waals surface area contributed by atoms with E-state index in [9.17, 15) is 9.59 Å². The molecular weight excluding hydrogens is 460 g/mol. The molecule has 4 aromatic heterocycles. The standard InChI is InChI=1S/C22H22N6O3S2/c1-11-4-7-13-15(9-11)33-21-17(13)19-25-27-22(28(19)18(23-21)12-5-6-12)32-10-16(29)24-26-20(30)14-3-2-8-31-14/h2-3,8,11-12H,4-7,9-10H2,1H3,(H,24,29)(H,26,30)/t11-/m0/s1. The molecule has 0 aliphatic heterocycles. The quantitative estimate of drug-likeness (QED) is 0.331. The number of hydrogen-bond donors (Lipinski definition) is 2. The van der Waals surface area contributed by atoms with E-state index in [0.29, 0.717) is 17.0 Å². The van der Waals surface area contributed by atoms with Gasteiger partial charge in [0.2, 0.25) is 5.91 Å². The molecule has 0 saturated heterocycles. The van der Waals surface area contributed by atoms with Crippen LogP contribution in [-0.2, 0) is 17.6 Å². The fourth-order valence-corrected chi connectivity index (χ4v) is 6.43. The zero-order chi connectivity index (χ0) is 22.5. The van der Waals surface area contributed by atoms with Gasteiger partial charge in [-0.05, 0) is 55.7 Å². The molecule has 11 heteroatoms. The number of aromatic nitrogens is 4. The number of hydrazine groups is 1. The lowest BCUT2D eigenvalue weighted by Gasteiger charge is -2.17. The highest BCUT2D eigenvalue weighted by molar-refractivity contribution is 7.99. The van der Waals surface area contributed by atoms with Crippen LogP contribution >= 0.6 is 23.1 Å². The van der Waals surface area contributed by atoms with Crippen molar-refractivity contribution in [3.05, 3.63) is 40.4 Å². The fourth-order valence-electron chi connectivity index (χ4n) is 4.31. The lowest BCUT2D eigenvalue weighted by atomic mass is 9.89. The average molecular weight is 483 g/mol. The van der Waals surface area contributed by atoms with Gasteiger partial charge in [0.1, 0.15) is 10.7 Å². The summed E-state index contributed by atoms with van der Waals surface area (Å²) < 4.78 is 7.06. The molecule has 2 aliphatic rings. The number of carbonyl (C=O) groups is 2. The summed E-state index contributed by atoms with van der Waals surface area (Å²) in [4.78, 5) is 31.8. The number of furan rings is 1. The molecule has 33 heavy (non-hydrogen) atoms. The number of aryl methyl sites for hydroxylation is 1. The number of hydrogen-bond acceptors (Lipinski definition) is 8. The minimum absolute atomic E-state index is 0.0840. The second-order valence-corrected chi connectivity index (χ2v) is 10.7. The molecule has 0 radical (unpaired) electrons. The number of nitrogens with zero attached hydrogens (tertiary/aromatic N) is 4. The monoisotopic (exact) mass is 482 g/mol. The van der Waals surface area contributed by atoms with Crippen LogP contribution in [0, 0.1) is 5.92 Å². The SMILES string of the molecule is C[C@H]1CCc2c(sc3nc(C4CC4)n4c(SCC(=O)NNC(=O)c5ccco5)nnc4c23)C1. The summed E-state index contributed by atoms with van der Waals surface area (Å²) in [6, 6.07) is 3.13. The molecule has 0 unspecified atom stereocenters. The number of fused-ring (bicyclic) bond motifs is 5. The van der Waals surface area contributed by atoms with Crippen molar-refractivity contribution in [1.82, 2.24) is 30.4 Å². The first-order valence-electron chi connectivity index (χ1n) is 11.0. The van der Waals surface area contributed by atoms with Gasteiger partial charge in [0.05, 0.1) is 17.4 Å². The largest absolute Gasteiger partial charge is 0.459 e. The first-order valence-corrected chi connectivity index (χ1v) is 12.8. The van der Waals surface area contributed by atoms with E-state index >= 15 is 0 Å². The third-order valence-electron chi connectivity index (χ3n) is 6.13. The Labute approximate surface area is 197 Å². The van der Waals surface area contributed by atoms with Crippen LogP contribution in [0.5, 0.6) is 0 Å². The van der Waals surface area contributed by atoms with Gasteiger partial charge in [0.25, 0.3) is 0 Å². The summed E-state index contributed by atoms with van der Waals surface area (Å²) in [7, 11) is 0. The first kappa shape index (κ1) is 20.7. The number of amides is 2. The van der Waals surface area contributed by atoms with Gasteiger partial charge in [-0.3, -0.25) is 24.8 Å². The smallest absolute Gasteiger partial charge is 0.305 e. The molecule has 4 heterocycles. The second-order valence-electron chi connectivity index (χ2n) is 8.69. The number of thiophene rings is 1. The molecular formula is C22H22N6O3S2. The van der Waals surface area contributed by atoms with Crippen molar-refractivity contribution >= 4 is 50.8 Å². The van der Waals surface area contributed by atoms with E-state index < -0.39 is 5.91 Å². The van der Waals surface area contributed by atoms with Crippen LogP contribution in [0.3, 0.4) is 0 Å². The third kappa shape index (κ3) is 3.78. The summed E-state index contributed by atoms with van der Waals surface area (Å²) >= 11 is 3.09. The van der Waals surface area contributed by atoms with E-state index in [1.165, 1.54) is 41.0 Å². The van der Waals surface area contributed by atoms with Gasteiger partial charge >= 0.3 is 5.91 Å². The normalized spacial score (nSPS) is 17.9. The van der Waals surface area contributed by atoms with Crippen LogP contribution in [0.4, 0.5) is 0 Å². The molecule has 2 amide bonds. The Kier molecular flexibility index (Phi) is 5.10. The zero-order valence-corrected chi connectivity index (χ0v) is 19.6. The maximum atomic E-state index is 12.3. The second kappa shape index (κ2) is 8.14. The molecule has 0 bridgehead atoms. The number of rotatable bonds is 5. The highest BCUT2D eigenvalue weighted by Gasteiger charge is 2.32. The van der Waals surface area contributed by atoms with Gasteiger partial charge in [-0.15, -0.1) is 21.5 Å². The Balaban J connectivity index is 1.26. The van der Waals surface area contributed by atoms with E-state index in [0.717, 1.165) is 47.4 Å². The van der Waals surface area contributed by atoms with Crippen LogP contribution in [0.1, 0.15) is 58.9 Å². The Morgan fingerprint density at radius 2 is 2.15 bits per heavy atom. The van der Waals surface area contributed by atoms with Gasteiger partial charge in [-0.1, -0.05) is 18.7 Å². The van der Waals surface area contributed by atoms with Crippen molar-refractivity contribution in [2.75, 3.05) is 5.75 Å². The predicted octanol–water partition coefficient (Wildman–Crippen LogP) is 3.49. The molecule has 6 rings (SSSR count). The molecule has 1 atom stereocenters. The summed E-state index contributed by atoms with van der Waals surface area (Å²) in [6.07, 6.45) is 6.94. The maximum Gasteiger partial charge on any atom is 0.305 e. The van der Waals surface area contributed by atoms with Crippen molar-refractivity contribution < 1.29 is 14.0 Å². The van der Waals surface area contributed by atoms with Gasteiger partial charge in [-0.2, -0.15) is 0 Å². The number of nitrogens with one attached hydrogen (secondary N) is 2. The summed E-state index contributed by atoms with van der Waals surface area (Å²) in [5.74, 6) is 1.45. The lowest BCUT2D eigenvalue weighted by molar-refractivity contribution is -0.119. The molecule has 4 aromatic rings. The van der Waals surface area contributed by atoms with Gasteiger partial charge in [0.15, 0.2) is 16.6 Å². The van der Waals surface area contributed by atoms with Gasteiger partial charge < -0.3 is 4.42 Å². The molecule has 1 saturated carbocycles. The lowest BCUT2D eigenvalue weighted by Crippen LogP contribution is -2.42. The van der Waals surface area contributed by atoms with Gasteiger partial charge in [0, 0.05) is 10.8 Å². The van der Waals surface area contributed by atoms with Crippen LogP contribution in [0.2, 0.25) is 0 Å². The van der Waals surface area contributed by atoms with Crippen LogP contribution < -0.4 is 10.9 Å². The topological polar surface area (TPSA) is 114 Å². The molecule has 170 valence electrons. The molecule has 0 spiro atoms. The average Bonchev–Trinajstić information content (AvgIpc) is 3.20. The Bertz CT molecular complexity index is 1370. The van der Waals surface area contributed by atoms with Crippen molar-refractivity contribution in [2.24, 2.45) is 5.92 Å². The Morgan fingerprint density at radius 1 is 1.27 bits per heavy atom. The number of carbonyl (C=O) groups excluding carboxylic acids is 2. The number of thioether (sulfide) groups is 1. The summed E-state index contributed by atoms with van der Waals surface area (Å²) in [6.45, 7) is 2.31. The maximum absolute atomic E-state index is 12.3. The van der Waals surface area contributed by atoms with E-state index in [1.807, 2.05) is 4.40 Å². The zero-order valence-electron chi connectivity index (χ0n) is 18.0. The Hall–Kier alpha value is -2.92. The summed E-state index contributed by atoms with van der Waals surface area (Å²) in [5, 5.41) is 10.8. The van der Waals surface area contributed by atoms with E-state index in [4.69, 9.17) is 9.40 Å². The van der Waals surface area contributed by atoms with E-state index in [2.05, 4.69) is 28.0 Å². The fraction of sp³-hybridized carbons (Fsp3) is 0.409. The van der Waals surface area contributed by atoms with Crippen molar-refractivity contribution in [2.45, 2.75) is 50.1 Å².